The molecule has 0 heterocycles. The standard InChI is InChI=1S/C16H20N2O5S/c1-4-5-6-7-16(20)23-12-15(19)17-13-8-10-14(11-9-13)24(21,22)18(2)3/h4-11H,12H2,1-3H3,(H,17,19). The van der Waals surface area contributed by atoms with Gasteiger partial charge in [-0.15, -0.1) is 0 Å². The van der Waals surface area contributed by atoms with Crippen molar-refractivity contribution < 1.29 is 22.7 Å². The van der Waals surface area contributed by atoms with Crippen molar-refractivity contribution in [3.05, 3.63) is 48.6 Å². The van der Waals surface area contributed by atoms with Crippen LogP contribution in [-0.4, -0.2) is 45.3 Å². The van der Waals surface area contributed by atoms with Crippen molar-refractivity contribution in [3.8, 4) is 0 Å². The van der Waals surface area contributed by atoms with Crippen LogP contribution in [0.5, 0.6) is 0 Å². The molecule has 0 bridgehead atoms. The number of hydrogen-bond acceptors (Lipinski definition) is 5. The topological polar surface area (TPSA) is 92.8 Å². The quantitative estimate of drug-likeness (QED) is 0.457. The summed E-state index contributed by atoms with van der Waals surface area (Å²) in [5.41, 5.74) is 0.401. The Morgan fingerprint density at radius 2 is 1.79 bits per heavy atom. The molecule has 0 aliphatic rings. The van der Waals surface area contributed by atoms with Gasteiger partial charge in [0, 0.05) is 25.9 Å². The molecule has 1 rings (SSSR count). The Labute approximate surface area is 141 Å². The minimum atomic E-state index is -3.52. The van der Waals surface area contributed by atoms with Crippen LogP contribution >= 0.6 is 0 Å². The highest BCUT2D eigenvalue weighted by atomic mass is 32.2. The van der Waals surface area contributed by atoms with E-state index < -0.39 is 28.5 Å². The van der Waals surface area contributed by atoms with Crippen molar-refractivity contribution in [2.45, 2.75) is 11.8 Å². The Morgan fingerprint density at radius 3 is 2.33 bits per heavy atom. The first-order valence-electron chi connectivity index (χ1n) is 7.06. The predicted molar refractivity (Wildman–Crippen MR) is 90.9 cm³/mol. The number of rotatable bonds is 7. The van der Waals surface area contributed by atoms with Crippen LogP contribution in [0, 0.1) is 0 Å². The summed E-state index contributed by atoms with van der Waals surface area (Å²) in [6.45, 7) is 1.37. The summed E-state index contributed by atoms with van der Waals surface area (Å²) in [5.74, 6) is -1.15. The molecule has 0 aromatic heterocycles. The first-order valence-corrected chi connectivity index (χ1v) is 8.50. The zero-order valence-electron chi connectivity index (χ0n) is 13.7. The van der Waals surface area contributed by atoms with E-state index in [0.717, 1.165) is 4.31 Å². The van der Waals surface area contributed by atoms with Crippen LogP contribution in [0.2, 0.25) is 0 Å². The molecule has 0 saturated heterocycles. The van der Waals surface area contributed by atoms with Gasteiger partial charge in [-0.05, 0) is 31.2 Å². The van der Waals surface area contributed by atoms with Crippen LogP contribution in [0.3, 0.4) is 0 Å². The molecule has 0 spiro atoms. The van der Waals surface area contributed by atoms with E-state index in [1.54, 1.807) is 19.1 Å². The summed E-state index contributed by atoms with van der Waals surface area (Å²) >= 11 is 0. The molecule has 24 heavy (non-hydrogen) atoms. The summed E-state index contributed by atoms with van der Waals surface area (Å²) in [4.78, 5) is 23.1. The predicted octanol–water partition coefficient (Wildman–Crippen LogP) is 1.55. The highest BCUT2D eigenvalue weighted by Gasteiger charge is 2.16. The number of carbonyl (C=O) groups excluding carboxylic acids is 2. The van der Waals surface area contributed by atoms with Crippen molar-refractivity contribution in [2.24, 2.45) is 0 Å². The molecule has 0 atom stereocenters. The number of amides is 1. The number of esters is 1. The average Bonchev–Trinajstić information content (AvgIpc) is 2.53. The van der Waals surface area contributed by atoms with Crippen LogP contribution < -0.4 is 5.32 Å². The lowest BCUT2D eigenvalue weighted by Crippen LogP contribution is -2.22. The van der Waals surface area contributed by atoms with Crippen LogP contribution in [0.25, 0.3) is 0 Å². The molecule has 0 aliphatic heterocycles. The van der Waals surface area contributed by atoms with Gasteiger partial charge in [-0.1, -0.05) is 18.2 Å². The molecule has 0 unspecified atom stereocenters. The van der Waals surface area contributed by atoms with Gasteiger partial charge in [-0.3, -0.25) is 4.79 Å². The second kappa shape index (κ2) is 8.99. The monoisotopic (exact) mass is 352 g/mol. The molecule has 1 N–H and O–H groups in total. The Morgan fingerprint density at radius 1 is 1.17 bits per heavy atom. The number of carbonyl (C=O) groups is 2. The molecular formula is C16H20N2O5S. The van der Waals surface area contributed by atoms with E-state index in [0.29, 0.717) is 5.69 Å². The van der Waals surface area contributed by atoms with Crippen LogP contribution in [0.1, 0.15) is 6.92 Å². The molecule has 0 radical (unpaired) electrons. The molecule has 1 aromatic carbocycles. The third kappa shape index (κ3) is 5.98. The van der Waals surface area contributed by atoms with Crippen LogP contribution in [0.15, 0.2) is 53.5 Å². The van der Waals surface area contributed by atoms with Gasteiger partial charge < -0.3 is 10.1 Å². The Balaban J connectivity index is 2.58. The number of allylic oxidation sites excluding steroid dienone is 3. The number of hydrogen-bond donors (Lipinski definition) is 1. The van der Waals surface area contributed by atoms with Gasteiger partial charge in [-0.2, -0.15) is 0 Å². The highest BCUT2D eigenvalue weighted by Crippen LogP contribution is 2.16. The van der Waals surface area contributed by atoms with E-state index >= 15 is 0 Å². The third-order valence-electron chi connectivity index (χ3n) is 2.80. The highest BCUT2D eigenvalue weighted by molar-refractivity contribution is 7.89. The molecule has 0 fully saturated rings. The minimum absolute atomic E-state index is 0.117. The summed E-state index contributed by atoms with van der Waals surface area (Å²) in [6, 6.07) is 5.69. The van der Waals surface area contributed by atoms with Crippen molar-refractivity contribution >= 4 is 27.6 Å². The van der Waals surface area contributed by atoms with Gasteiger partial charge in [0.2, 0.25) is 10.0 Å². The normalized spacial score (nSPS) is 12.0. The SMILES string of the molecule is CC=CC=CC(=O)OCC(=O)Nc1ccc(S(=O)(=O)N(C)C)cc1. The average molecular weight is 352 g/mol. The lowest BCUT2D eigenvalue weighted by atomic mass is 10.3. The lowest BCUT2D eigenvalue weighted by molar-refractivity contribution is -0.142. The zero-order valence-corrected chi connectivity index (χ0v) is 14.5. The fourth-order valence-corrected chi connectivity index (χ4v) is 2.45. The van der Waals surface area contributed by atoms with Crippen molar-refractivity contribution in [1.29, 1.82) is 0 Å². The smallest absolute Gasteiger partial charge is 0.331 e. The largest absolute Gasteiger partial charge is 0.452 e. The molecular weight excluding hydrogens is 332 g/mol. The maximum absolute atomic E-state index is 11.9. The van der Waals surface area contributed by atoms with E-state index in [9.17, 15) is 18.0 Å². The van der Waals surface area contributed by atoms with Gasteiger partial charge >= 0.3 is 5.97 Å². The number of benzene rings is 1. The van der Waals surface area contributed by atoms with E-state index in [1.807, 2.05) is 0 Å². The number of nitrogens with one attached hydrogen (secondary N) is 1. The summed E-state index contributed by atoms with van der Waals surface area (Å²) in [7, 11) is -0.647. The summed E-state index contributed by atoms with van der Waals surface area (Å²) < 4.78 is 29.7. The van der Waals surface area contributed by atoms with E-state index in [2.05, 4.69) is 5.32 Å². The van der Waals surface area contributed by atoms with Crippen molar-refractivity contribution in [1.82, 2.24) is 4.31 Å². The molecule has 1 aromatic rings. The Bertz CT molecular complexity index is 734. The van der Waals surface area contributed by atoms with Gasteiger partial charge in [0.25, 0.3) is 5.91 Å². The molecule has 7 nitrogen and oxygen atoms in total. The molecule has 0 aliphatic carbocycles. The van der Waals surface area contributed by atoms with E-state index in [-0.39, 0.29) is 4.90 Å². The maximum atomic E-state index is 11.9. The second-order valence-corrected chi connectivity index (χ2v) is 7.00. The van der Waals surface area contributed by atoms with Crippen molar-refractivity contribution in [2.75, 3.05) is 26.0 Å². The van der Waals surface area contributed by atoms with Crippen LogP contribution in [-0.2, 0) is 24.3 Å². The number of ether oxygens (including phenoxy) is 1. The third-order valence-corrected chi connectivity index (χ3v) is 4.63. The van der Waals surface area contributed by atoms with E-state index in [4.69, 9.17) is 4.74 Å². The first-order chi connectivity index (χ1) is 11.3. The Kier molecular flexibility index (Phi) is 7.34. The van der Waals surface area contributed by atoms with E-state index in [1.165, 1.54) is 50.5 Å². The zero-order chi connectivity index (χ0) is 18.2. The summed E-state index contributed by atoms with van der Waals surface area (Å²) in [6.07, 6.45) is 6.11. The molecule has 130 valence electrons. The number of sulfonamides is 1. The molecule has 0 saturated carbocycles. The Hall–Kier alpha value is -2.45. The lowest BCUT2D eigenvalue weighted by Gasteiger charge is -2.12. The number of nitrogens with zero attached hydrogens (tertiary/aromatic N) is 1. The van der Waals surface area contributed by atoms with Gasteiger partial charge in [-0.25, -0.2) is 17.5 Å². The fourth-order valence-electron chi connectivity index (χ4n) is 1.55. The van der Waals surface area contributed by atoms with Gasteiger partial charge in [0.15, 0.2) is 6.61 Å². The number of anilines is 1. The molecule has 8 heteroatoms. The van der Waals surface area contributed by atoms with Crippen LogP contribution in [0.4, 0.5) is 5.69 Å². The van der Waals surface area contributed by atoms with Gasteiger partial charge in [0.05, 0.1) is 4.90 Å². The fraction of sp³-hybridized carbons (Fsp3) is 0.250. The van der Waals surface area contributed by atoms with Crippen molar-refractivity contribution in [3.63, 3.8) is 0 Å². The van der Waals surface area contributed by atoms with Gasteiger partial charge in [0.1, 0.15) is 0 Å². The molecule has 1 amide bonds. The maximum Gasteiger partial charge on any atom is 0.331 e. The minimum Gasteiger partial charge on any atom is -0.452 e. The first kappa shape index (κ1) is 19.6. The second-order valence-electron chi connectivity index (χ2n) is 4.85. The summed E-state index contributed by atoms with van der Waals surface area (Å²) in [5, 5.41) is 2.51.